The van der Waals surface area contributed by atoms with Crippen LogP contribution in [0.4, 0.5) is 0 Å². The molecular formula is C16H23N3O2S. The normalized spacial score (nSPS) is 37.5. The highest BCUT2D eigenvalue weighted by atomic mass is 32.1. The van der Waals surface area contributed by atoms with Crippen LogP contribution in [0, 0.1) is 22.5 Å². The lowest BCUT2D eigenvalue weighted by atomic mass is 9.49. The molecule has 0 aromatic carbocycles. The monoisotopic (exact) mass is 321 g/mol. The van der Waals surface area contributed by atoms with Gasteiger partial charge >= 0.3 is 5.97 Å². The number of aromatic nitrogens is 3. The van der Waals surface area contributed by atoms with Gasteiger partial charge in [-0.15, -0.1) is 0 Å². The number of hydrogen-bond donors (Lipinski definition) is 1. The molecule has 5 rings (SSSR count). The summed E-state index contributed by atoms with van der Waals surface area (Å²) in [5, 5.41) is 14.0. The van der Waals surface area contributed by atoms with Crippen LogP contribution in [0.15, 0.2) is 0 Å². The number of rotatable bonds is 3. The van der Waals surface area contributed by atoms with E-state index in [1.165, 1.54) is 43.2 Å². The molecule has 1 aromatic rings. The van der Waals surface area contributed by atoms with Crippen LogP contribution in [0.1, 0.15) is 57.3 Å². The Balaban J connectivity index is 1.79. The van der Waals surface area contributed by atoms with Gasteiger partial charge in [-0.05, 0) is 75.4 Å². The lowest BCUT2D eigenvalue weighted by Crippen LogP contribution is -2.49. The van der Waals surface area contributed by atoms with Crippen molar-refractivity contribution in [2.45, 2.75) is 56.9 Å². The van der Waals surface area contributed by atoms with Crippen LogP contribution >= 0.6 is 12.2 Å². The predicted molar refractivity (Wildman–Crippen MR) is 84.2 cm³/mol. The van der Waals surface area contributed by atoms with Crippen molar-refractivity contribution in [3.8, 4) is 0 Å². The van der Waals surface area contributed by atoms with Crippen LogP contribution in [-0.4, -0.2) is 25.4 Å². The Morgan fingerprint density at radius 1 is 1.27 bits per heavy atom. The van der Waals surface area contributed by atoms with Gasteiger partial charge in [-0.2, -0.15) is 5.10 Å². The summed E-state index contributed by atoms with van der Waals surface area (Å²) in [5.41, 5.74) is 0.139. The van der Waals surface area contributed by atoms with Gasteiger partial charge in [0.1, 0.15) is 11.9 Å². The van der Waals surface area contributed by atoms with E-state index in [-0.39, 0.29) is 5.41 Å². The van der Waals surface area contributed by atoms with Gasteiger partial charge in [-0.1, -0.05) is 0 Å². The SMILES string of the molecule is CC(C(=O)O)n1nc(C23CC4CC(CC(C4)C2)C3)n(C)c1=S. The van der Waals surface area contributed by atoms with E-state index in [9.17, 15) is 9.90 Å². The maximum absolute atomic E-state index is 11.3. The number of carboxylic acids is 1. The van der Waals surface area contributed by atoms with E-state index in [0.717, 1.165) is 23.6 Å². The van der Waals surface area contributed by atoms with Crippen LogP contribution in [0.3, 0.4) is 0 Å². The maximum Gasteiger partial charge on any atom is 0.328 e. The Kier molecular flexibility index (Phi) is 3.06. The van der Waals surface area contributed by atoms with Gasteiger partial charge < -0.3 is 9.67 Å². The fourth-order valence-corrected chi connectivity index (χ4v) is 5.94. The largest absolute Gasteiger partial charge is 0.480 e. The molecule has 1 aromatic heterocycles. The van der Waals surface area contributed by atoms with Crippen molar-refractivity contribution < 1.29 is 9.90 Å². The van der Waals surface area contributed by atoms with Crippen molar-refractivity contribution in [3.63, 3.8) is 0 Å². The van der Waals surface area contributed by atoms with Crippen molar-refractivity contribution in [2.75, 3.05) is 0 Å². The van der Waals surface area contributed by atoms with Crippen LogP contribution in [-0.2, 0) is 17.3 Å². The first-order chi connectivity index (χ1) is 10.4. The Bertz CT molecular complexity index is 655. The molecule has 0 amide bonds. The zero-order valence-corrected chi connectivity index (χ0v) is 14.0. The second-order valence-electron chi connectivity index (χ2n) is 7.82. The van der Waals surface area contributed by atoms with E-state index in [4.69, 9.17) is 17.3 Å². The molecule has 0 aliphatic heterocycles. The quantitative estimate of drug-likeness (QED) is 0.869. The minimum absolute atomic E-state index is 0.139. The van der Waals surface area contributed by atoms with Gasteiger partial charge in [-0.25, -0.2) is 9.48 Å². The minimum Gasteiger partial charge on any atom is -0.480 e. The average molecular weight is 321 g/mol. The molecule has 4 bridgehead atoms. The summed E-state index contributed by atoms with van der Waals surface area (Å²) < 4.78 is 4.02. The topological polar surface area (TPSA) is 60.0 Å². The second-order valence-corrected chi connectivity index (χ2v) is 8.19. The standard InChI is InChI=1S/C16H23N3O2S/c1-9(13(20)21)19-15(22)18(2)14(17-19)16-6-10-3-11(7-16)5-12(4-10)8-16/h9-12H,3-8H2,1-2H3,(H,20,21). The lowest BCUT2D eigenvalue weighted by molar-refractivity contribution is -0.140. The van der Waals surface area contributed by atoms with Crippen LogP contribution in [0.25, 0.3) is 0 Å². The van der Waals surface area contributed by atoms with E-state index in [0.29, 0.717) is 4.77 Å². The summed E-state index contributed by atoms with van der Waals surface area (Å²) in [4.78, 5) is 11.3. The molecule has 6 heteroatoms. The summed E-state index contributed by atoms with van der Waals surface area (Å²) in [5.74, 6) is 2.65. The van der Waals surface area contributed by atoms with E-state index in [1.54, 1.807) is 6.92 Å². The van der Waals surface area contributed by atoms with Gasteiger partial charge in [-0.3, -0.25) is 0 Å². The molecule has 22 heavy (non-hydrogen) atoms. The number of hydrogen-bond acceptors (Lipinski definition) is 3. The molecule has 1 N–H and O–H groups in total. The first-order valence-electron chi connectivity index (χ1n) is 8.28. The fraction of sp³-hybridized carbons (Fsp3) is 0.812. The molecule has 1 unspecified atom stereocenters. The predicted octanol–water partition coefficient (Wildman–Crippen LogP) is 3.06. The Labute approximate surface area is 135 Å². The third-order valence-corrected chi connectivity index (χ3v) is 6.70. The summed E-state index contributed by atoms with van der Waals surface area (Å²) in [7, 11) is 1.95. The van der Waals surface area contributed by atoms with E-state index < -0.39 is 12.0 Å². The molecule has 0 saturated heterocycles. The Morgan fingerprint density at radius 2 is 1.77 bits per heavy atom. The molecule has 4 fully saturated rings. The molecule has 4 aliphatic rings. The smallest absolute Gasteiger partial charge is 0.328 e. The van der Waals surface area contributed by atoms with Gasteiger partial charge in [0.2, 0.25) is 0 Å². The number of nitrogens with zero attached hydrogens (tertiary/aromatic N) is 3. The summed E-state index contributed by atoms with van der Waals surface area (Å²) in [6, 6.07) is -0.707. The number of carbonyl (C=O) groups is 1. The Hall–Kier alpha value is -1.17. The third kappa shape index (κ3) is 1.92. The van der Waals surface area contributed by atoms with E-state index in [1.807, 2.05) is 11.6 Å². The van der Waals surface area contributed by atoms with Crippen LogP contribution in [0.5, 0.6) is 0 Å². The zero-order chi connectivity index (χ0) is 15.6. The summed E-state index contributed by atoms with van der Waals surface area (Å²) >= 11 is 5.46. The minimum atomic E-state index is -0.883. The van der Waals surface area contributed by atoms with Gasteiger partial charge in [0, 0.05) is 12.5 Å². The van der Waals surface area contributed by atoms with E-state index in [2.05, 4.69) is 0 Å². The lowest BCUT2D eigenvalue weighted by Gasteiger charge is -2.56. The van der Waals surface area contributed by atoms with Crippen molar-refractivity contribution >= 4 is 18.2 Å². The van der Waals surface area contributed by atoms with Crippen LogP contribution < -0.4 is 0 Å². The molecule has 0 spiro atoms. The van der Waals surface area contributed by atoms with E-state index >= 15 is 0 Å². The van der Waals surface area contributed by atoms with Crippen molar-refractivity contribution in [1.29, 1.82) is 0 Å². The Morgan fingerprint density at radius 3 is 2.23 bits per heavy atom. The van der Waals surface area contributed by atoms with Gasteiger partial charge in [0.05, 0.1) is 0 Å². The summed E-state index contributed by atoms with van der Waals surface area (Å²) in [6.07, 6.45) is 7.78. The first kappa shape index (κ1) is 14.4. The molecule has 120 valence electrons. The first-order valence-corrected chi connectivity index (χ1v) is 8.69. The second kappa shape index (κ2) is 4.66. The third-order valence-electron chi connectivity index (χ3n) is 6.24. The van der Waals surface area contributed by atoms with Crippen LogP contribution in [0.2, 0.25) is 0 Å². The molecule has 5 nitrogen and oxygen atoms in total. The molecule has 4 aliphatic carbocycles. The zero-order valence-electron chi connectivity index (χ0n) is 13.2. The number of aliphatic carboxylic acids is 1. The van der Waals surface area contributed by atoms with Crippen molar-refractivity contribution in [2.24, 2.45) is 24.8 Å². The highest BCUT2D eigenvalue weighted by Gasteiger charge is 2.53. The average Bonchev–Trinajstić information content (AvgIpc) is 2.73. The summed E-state index contributed by atoms with van der Waals surface area (Å²) in [6.45, 7) is 1.65. The molecule has 1 atom stereocenters. The van der Waals surface area contributed by atoms with Gasteiger partial charge in [0.25, 0.3) is 0 Å². The van der Waals surface area contributed by atoms with Gasteiger partial charge in [0.15, 0.2) is 4.77 Å². The maximum atomic E-state index is 11.3. The van der Waals surface area contributed by atoms with Crippen molar-refractivity contribution in [1.82, 2.24) is 14.3 Å². The molecular weight excluding hydrogens is 298 g/mol. The molecule has 0 radical (unpaired) electrons. The highest BCUT2D eigenvalue weighted by Crippen LogP contribution is 2.60. The fourth-order valence-electron chi connectivity index (χ4n) is 5.66. The van der Waals surface area contributed by atoms with Crippen molar-refractivity contribution in [3.05, 3.63) is 10.6 Å². The highest BCUT2D eigenvalue weighted by molar-refractivity contribution is 7.71. The molecule has 1 heterocycles. The number of carboxylic acid groups (broad SMARTS) is 1. The molecule has 4 saturated carbocycles.